The second-order valence-electron chi connectivity index (χ2n) is 6.09. The quantitative estimate of drug-likeness (QED) is 0.798. The van der Waals surface area contributed by atoms with Crippen molar-refractivity contribution in [3.63, 3.8) is 0 Å². The van der Waals surface area contributed by atoms with E-state index in [0.29, 0.717) is 12.1 Å². The predicted octanol–water partition coefficient (Wildman–Crippen LogP) is 2.53. The van der Waals surface area contributed by atoms with E-state index in [-0.39, 0.29) is 0 Å². The molecular formula is C15H23N3. The van der Waals surface area contributed by atoms with Crippen LogP contribution in [0.4, 0.5) is 0 Å². The number of hydrogen-bond donors (Lipinski definition) is 0. The fraction of sp³-hybridized carbons (Fsp3) is 0.667. The van der Waals surface area contributed by atoms with Gasteiger partial charge in [0, 0.05) is 36.9 Å². The Morgan fingerprint density at radius 2 is 2.06 bits per heavy atom. The summed E-state index contributed by atoms with van der Waals surface area (Å²) in [6.45, 7) is 10.2. The van der Waals surface area contributed by atoms with Crippen molar-refractivity contribution in [2.45, 2.75) is 46.2 Å². The Balaban J connectivity index is 2.02. The second kappa shape index (κ2) is 3.95. The predicted molar refractivity (Wildman–Crippen MR) is 74.4 cm³/mol. The highest BCUT2D eigenvalue weighted by Gasteiger charge is 2.41. The molecule has 0 radical (unpaired) electrons. The lowest BCUT2D eigenvalue weighted by Crippen LogP contribution is -2.37. The Kier molecular flexibility index (Phi) is 2.63. The van der Waals surface area contributed by atoms with Crippen molar-refractivity contribution in [3.05, 3.63) is 23.0 Å². The van der Waals surface area contributed by atoms with Gasteiger partial charge in [-0.3, -0.25) is 9.58 Å². The first-order valence-electron chi connectivity index (χ1n) is 6.97. The number of nitrogens with zero attached hydrogens (tertiary/aromatic N) is 3. The minimum Gasteiger partial charge on any atom is -0.293 e. The van der Waals surface area contributed by atoms with Crippen molar-refractivity contribution in [1.82, 2.24) is 14.7 Å². The first-order valence-corrected chi connectivity index (χ1v) is 6.97. The Morgan fingerprint density at radius 1 is 1.33 bits per heavy atom. The van der Waals surface area contributed by atoms with Gasteiger partial charge in [0.15, 0.2) is 0 Å². The fourth-order valence-electron chi connectivity index (χ4n) is 3.70. The first-order chi connectivity index (χ1) is 8.49. The summed E-state index contributed by atoms with van der Waals surface area (Å²) in [5.74, 6) is 0.756. The topological polar surface area (TPSA) is 21.1 Å². The highest BCUT2D eigenvalue weighted by molar-refractivity contribution is 5.76. The second-order valence-corrected chi connectivity index (χ2v) is 6.09. The Morgan fingerprint density at radius 3 is 2.56 bits per heavy atom. The molecule has 1 aromatic heterocycles. The molecule has 2 atom stereocenters. The molecule has 2 aliphatic rings. The molecule has 0 saturated carbocycles. The summed E-state index contributed by atoms with van der Waals surface area (Å²) in [6.07, 6.45) is 3.81. The van der Waals surface area contributed by atoms with Crippen LogP contribution in [-0.4, -0.2) is 33.3 Å². The molecule has 0 amide bonds. The molecule has 0 N–H and O–H groups in total. The van der Waals surface area contributed by atoms with Crippen LogP contribution in [0.15, 0.2) is 6.08 Å². The monoisotopic (exact) mass is 245 g/mol. The molecule has 2 bridgehead atoms. The van der Waals surface area contributed by atoms with Gasteiger partial charge in [-0.05, 0) is 45.6 Å². The number of rotatable bonds is 2. The van der Waals surface area contributed by atoms with Gasteiger partial charge in [-0.1, -0.05) is 6.08 Å². The smallest absolute Gasteiger partial charge is 0.0672 e. The zero-order valence-electron chi connectivity index (χ0n) is 12.1. The molecule has 2 unspecified atom stereocenters. The van der Waals surface area contributed by atoms with E-state index in [1.54, 1.807) is 0 Å². The van der Waals surface area contributed by atoms with Crippen LogP contribution in [0.2, 0.25) is 0 Å². The first kappa shape index (κ1) is 12.0. The van der Waals surface area contributed by atoms with Gasteiger partial charge in [-0.15, -0.1) is 0 Å². The highest BCUT2D eigenvalue weighted by atomic mass is 15.3. The summed E-state index contributed by atoms with van der Waals surface area (Å²) in [6, 6.07) is 1.26. The lowest BCUT2D eigenvalue weighted by molar-refractivity contribution is 0.231. The number of likely N-dealkylation sites (tertiary alicyclic amines) is 1. The third-order valence-corrected chi connectivity index (χ3v) is 4.61. The van der Waals surface area contributed by atoms with E-state index in [0.717, 1.165) is 5.92 Å². The van der Waals surface area contributed by atoms with E-state index in [1.807, 2.05) is 11.7 Å². The molecular weight excluding hydrogens is 222 g/mol. The van der Waals surface area contributed by atoms with Gasteiger partial charge in [-0.2, -0.15) is 5.10 Å². The SMILES string of the molecule is Cc1nn(C)c(C)c1C1=CC2CC1N(C(C)C)C2. The van der Waals surface area contributed by atoms with Gasteiger partial charge in [0.05, 0.1) is 5.69 Å². The Hall–Kier alpha value is -1.09. The van der Waals surface area contributed by atoms with Crippen LogP contribution in [-0.2, 0) is 7.05 Å². The van der Waals surface area contributed by atoms with Gasteiger partial charge in [0.1, 0.15) is 0 Å². The maximum absolute atomic E-state index is 4.57. The molecule has 1 fully saturated rings. The maximum Gasteiger partial charge on any atom is 0.0672 e. The molecule has 1 saturated heterocycles. The van der Waals surface area contributed by atoms with Crippen molar-refractivity contribution in [3.8, 4) is 0 Å². The average Bonchev–Trinajstić information content (AvgIpc) is 2.93. The van der Waals surface area contributed by atoms with E-state index in [2.05, 4.69) is 43.8 Å². The van der Waals surface area contributed by atoms with Gasteiger partial charge in [-0.25, -0.2) is 0 Å². The van der Waals surface area contributed by atoms with Crippen molar-refractivity contribution < 1.29 is 0 Å². The van der Waals surface area contributed by atoms with Crippen molar-refractivity contribution in [2.75, 3.05) is 6.54 Å². The van der Waals surface area contributed by atoms with Crippen LogP contribution in [0.1, 0.15) is 37.2 Å². The summed E-state index contributed by atoms with van der Waals surface area (Å²) in [7, 11) is 2.04. The highest BCUT2D eigenvalue weighted by Crippen LogP contribution is 2.44. The molecule has 1 aromatic rings. The largest absolute Gasteiger partial charge is 0.293 e. The standard InChI is InChI=1S/C15H23N3/c1-9(2)18-8-12-6-13(14(18)7-12)15-10(3)16-17(5)11(15)4/h6,9,12,14H,7-8H2,1-5H3. The summed E-state index contributed by atoms with van der Waals surface area (Å²) in [5, 5.41) is 4.57. The van der Waals surface area contributed by atoms with Crippen molar-refractivity contribution in [2.24, 2.45) is 13.0 Å². The van der Waals surface area contributed by atoms with Crippen LogP contribution in [0.25, 0.3) is 5.57 Å². The van der Waals surface area contributed by atoms with Crippen LogP contribution < -0.4 is 0 Å². The van der Waals surface area contributed by atoms with Crippen molar-refractivity contribution >= 4 is 5.57 Å². The van der Waals surface area contributed by atoms with E-state index >= 15 is 0 Å². The van der Waals surface area contributed by atoms with Crippen LogP contribution in [0.5, 0.6) is 0 Å². The minimum atomic E-state index is 0.622. The lowest BCUT2D eigenvalue weighted by Gasteiger charge is -2.32. The number of aryl methyl sites for hydroxylation is 2. The van der Waals surface area contributed by atoms with Gasteiger partial charge in [0.2, 0.25) is 0 Å². The Labute approximate surface area is 109 Å². The van der Waals surface area contributed by atoms with E-state index in [1.165, 1.54) is 35.5 Å². The molecule has 1 aliphatic carbocycles. The van der Waals surface area contributed by atoms with E-state index in [9.17, 15) is 0 Å². The third-order valence-electron chi connectivity index (χ3n) is 4.61. The zero-order valence-corrected chi connectivity index (χ0v) is 12.1. The summed E-state index contributed by atoms with van der Waals surface area (Å²) in [4.78, 5) is 2.64. The van der Waals surface area contributed by atoms with Gasteiger partial charge < -0.3 is 0 Å². The third kappa shape index (κ3) is 1.57. The van der Waals surface area contributed by atoms with Crippen LogP contribution in [0, 0.1) is 19.8 Å². The molecule has 0 spiro atoms. The Bertz CT molecular complexity index is 510. The lowest BCUT2D eigenvalue weighted by atomic mass is 9.97. The maximum atomic E-state index is 4.57. The van der Waals surface area contributed by atoms with E-state index in [4.69, 9.17) is 0 Å². The average molecular weight is 245 g/mol. The molecule has 1 aliphatic heterocycles. The minimum absolute atomic E-state index is 0.622. The summed E-state index contributed by atoms with van der Waals surface area (Å²) >= 11 is 0. The normalized spacial score (nSPS) is 27.3. The fourth-order valence-corrected chi connectivity index (χ4v) is 3.70. The summed E-state index contributed by atoms with van der Waals surface area (Å²) in [5.41, 5.74) is 5.41. The van der Waals surface area contributed by atoms with Crippen LogP contribution in [0.3, 0.4) is 0 Å². The van der Waals surface area contributed by atoms with Gasteiger partial charge in [0.25, 0.3) is 0 Å². The molecule has 3 nitrogen and oxygen atoms in total. The van der Waals surface area contributed by atoms with E-state index < -0.39 is 0 Å². The molecule has 18 heavy (non-hydrogen) atoms. The number of fused-ring (bicyclic) bond motifs is 2. The molecule has 2 heterocycles. The number of aromatic nitrogens is 2. The van der Waals surface area contributed by atoms with Crippen molar-refractivity contribution in [1.29, 1.82) is 0 Å². The molecule has 3 rings (SSSR count). The molecule has 0 aromatic carbocycles. The van der Waals surface area contributed by atoms with Gasteiger partial charge >= 0.3 is 0 Å². The molecule has 3 heteroatoms. The molecule has 98 valence electrons. The zero-order chi connectivity index (χ0) is 13.0. The van der Waals surface area contributed by atoms with Crippen LogP contribution >= 0.6 is 0 Å². The number of hydrogen-bond acceptors (Lipinski definition) is 2. The summed E-state index contributed by atoms with van der Waals surface area (Å²) < 4.78 is 2.01.